The van der Waals surface area contributed by atoms with E-state index in [2.05, 4.69) is 22.1 Å². The minimum absolute atomic E-state index is 0.196. The van der Waals surface area contributed by atoms with Crippen molar-refractivity contribution in [1.29, 1.82) is 5.26 Å². The first kappa shape index (κ1) is 16.2. The van der Waals surface area contributed by atoms with E-state index < -0.39 is 0 Å². The van der Waals surface area contributed by atoms with Crippen molar-refractivity contribution >= 4 is 11.4 Å². The Morgan fingerprint density at radius 2 is 2.04 bits per heavy atom. The SMILES string of the molecule is CC(=O)N1CCC[C@@H]1[C@H]1CCCN1Cc1cn2ccccc2c1C#N. The fourth-order valence-corrected chi connectivity index (χ4v) is 4.71. The van der Waals surface area contributed by atoms with Gasteiger partial charge in [-0.15, -0.1) is 0 Å². The summed E-state index contributed by atoms with van der Waals surface area (Å²) >= 11 is 0. The summed E-state index contributed by atoms with van der Waals surface area (Å²) in [6.07, 6.45) is 8.60. The number of pyridine rings is 1. The van der Waals surface area contributed by atoms with Gasteiger partial charge >= 0.3 is 0 Å². The van der Waals surface area contributed by atoms with Crippen LogP contribution in [0.3, 0.4) is 0 Å². The summed E-state index contributed by atoms with van der Waals surface area (Å²) in [6.45, 7) is 4.41. The molecule has 130 valence electrons. The number of hydrogen-bond donors (Lipinski definition) is 0. The molecule has 0 spiro atoms. The molecule has 1 amide bonds. The lowest BCUT2D eigenvalue weighted by Crippen LogP contribution is -2.47. The van der Waals surface area contributed by atoms with Gasteiger partial charge in [-0.25, -0.2) is 0 Å². The van der Waals surface area contributed by atoms with Gasteiger partial charge in [0.1, 0.15) is 6.07 Å². The van der Waals surface area contributed by atoms with Crippen molar-refractivity contribution in [2.45, 2.75) is 51.2 Å². The Bertz CT molecular complexity index is 834. The zero-order valence-corrected chi connectivity index (χ0v) is 14.7. The highest BCUT2D eigenvalue weighted by Gasteiger charge is 2.38. The van der Waals surface area contributed by atoms with Crippen LogP contribution in [0, 0.1) is 11.3 Å². The average molecular weight is 336 g/mol. The number of carbonyl (C=O) groups is 1. The number of amides is 1. The maximum atomic E-state index is 12.0. The Morgan fingerprint density at radius 1 is 1.24 bits per heavy atom. The highest BCUT2D eigenvalue weighted by Crippen LogP contribution is 2.32. The maximum absolute atomic E-state index is 12.0. The smallest absolute Gasteiger partial charge is 0.219 e. The number of aromatic nitrogens is 1. The second-order valence-corrected chi connectivity index (χ2v) is 7.24. The monoisotopic (exact) mass is 336 g/mol. The molecule has 2 atom stereocenters. The number of carbonyl (C=O) groups excluding carboxylic acids is 1. The molecule has 2 aliphatic rings. The highest BCUT2D eigenvalue weighted by molar-refractivity contribution is 5.74. The van der Waals surface area contributed by atoms with E-state index in [-0.39, 0.29) is 5.91 Å². The largest absolute Gasteiger partial charge is 0.338 e. The number of fused-ring (bicyclic) bond motifs is 1. The lowest BCUT2D eigenvalue weighted by atomic mass is 10.0. The summed E-state index contributed by atoms with van der Waals surface area (Å²) in [7, 11) is 0. The molecule has 0 aromatic carbocycles. The molecular weight excluding hydrogens is 312 g/mol. The van der Waals surface area contributed by atoms with Gasteiger partial charge in [0.05, 0.1) is 11.1 Å². The summed E-state index contributed by atoms with van der Waals surface area (Å²) in [5.41, 5.74) is 2.84. The topological polar surface area (TPSA) is 51.8 Å². The molecule has 25 heavy (non-hydrogen) atoms. The van der Waals surface area contributed by atoms with E-state index in [4.69, 9.17) is 0 Å². The summed E-state index contributed by atoms with van der Waals surface area (Å²) in [5.74, 6) is 0.196. The fourth-order valence-electron chi connectivity index (χ4n) is 4.71. The molecule has 2 fully saturated rings. The van der Waals surface area contributed by atoms with Gasteiger partial charge in [0.25, 0.3) is 0 Å². The van der Waals surface area contributed by atoms with Gasteiger partial charge in [0.15, 0.2) is 0 Å². The van der Waals surface area contributed by atoms with Crippen LogP contribution in [-0.2, 0) is 11.3 Å². The number of nitrogens with zero attached hydrogens (tertiary/aromatic N) is 4. The van der Waals surface area contributed by atoms with Gasteiger partial charge in [-0.2, -0.15) is 5.26 Å². The van der Waals surface area contributed by atoms with Crippen LogP contribution in [0.2, 0.25) is 0 Å². The first-order valence-electron chi connectivity index (χ1n) is 9.19. The van der Waals surface area contributed by atoms with Gasteiger partial charge in [-0.3, -0.25) is 9.69 Å². The molecule has 0 saturated carbocycles. The first-order chi connectivity index (χ1) is 12.2. The van der Waals surface area contributed by atoms with Gasteiger partial charge in [0.2, 0.25) is 5.91 Å². The van der Waals surface area contributed by atoms with E-state index in [0.717, 1.165) is 55.5 Å². The molecule has 2 aromatic heterocycles. The van der Waals surface area contributed by atoms with Crippen LogP contribution >= 0.6 is 0 Å². The standard InChI is InChI=1S/C20H24N4O/c1-15(25)24-11-5-8-20(24)19-7-4-10-23(19)14-16-13-22-9-3-2-6-18(22)17(16)12-21/h2-3,6,9,13,19-20H,4-5,7-8,10-11,14H2,1H3/t19-,20-/m1/s1. The van der Waals surface area contributed by atoms with Crippen molar-refractivity contribution in [3.63, 3.8) is 0 Å². The molecule has 0 bridgehead atoms. The summed E-state index contributed by atoms with van der Waals surface area (Å²) < 4.78 is 2.04. The summed E-state index contributed by atoms with van der Waals surface area (Å²) in [4.78, 5) is 16.5. The van der Waals surface area contributed by atoms with Gasteiger partial charge < -0.3 is 9.30 Å². The van der Waals surface area contributed by atoms with E-state index >= 15 is 0 Å². The van der Waals surface area contributed by atoms with E-state index in [0.29, 0.717) is 12.1 Å². The fraction of sp³-hybridized carbons (Fsp3) is 0.500. The van der Waals surface area contributed by atoms with Crippen molar-refractivity contribution in [3.05, 3.63) is 41.7 Å². The average Bonchev–Trinajstić information content (AvgIpc) is 3.32. The number of nitriles is 1. The van der Waals surface area contributed by atoms with Crippen LogP contribution < -0.4 is 0 Å². The Hall–Kier alpha value is -2.32. The van der Waals surface area contributed by atoms with E-state index in [1.807, 2.05) is 28.8 Å². The van der Waals surface area contributed by atoms with Crippen molar-refractivity contribution in [1.82, 2.24) is 14.2 Å². The third-order valence-corrected chi connectivity index (χ3v) is 5.81. The second kappa shape index (κ2) is 6.53. The Balaban J connectivity index is 1.60. The summed E-state index contributed by atoms with van der Waals surface area (Å²) in [5, 5.41) is 9.64. The molecule has 0 N–H and O–H groups in total. The molecule has 2 aromatic rings. The van der Waals surface area contributed by atoms with E-state index in [9.17, 15) is 10.1 Å². The van der Waals surface area contributed by atoms with Crippen molar-refractivity contribution in [2.75, 3.05) is 13.1 Å². The molecule has 0 aliphatic carbocycles. The predicted octanol–water partition coefficient (Wildman–Crippen LogP) is 2.79. The minimum atomic E-state index is 0.196. The van der Waals surface area contributed by atoms with Crippen molar-refractivity contribution < 1.29 is 4.79 Å². The van der Waals surface area contributed by atoms with E-state index in [1.54, 1.807) is 6.92 Å². The van der Waals surface area contributed by atoms with Gasteiger partial charge in [-0.1, -0.05) is 6.07 Å². The van der Waals surface area contributed by atoms with Crippen LogP contribution in [0.5, 0.6) is 0 Å². The zero-order chi connectivity index (χ0) is 17.4. The molecule has 4 rings (SSSR count). The summed E-state index contributed by atoms with van der Waals surface area (Å²) in [6, 6.07) is 9.10. The molecule has 2 saturated heterocycles. The molecule has 5 heteroatoms. The first-order valence-corrected chi connectivity index (χ1v) is 9.19. The maximum Gasteiger partial charge on any atom is 0.219 e. The third-order valence-electron chi connectivity index (χ3n) is 5.81. The highest BCUT2D eigenvalue weighted by atomic mass is 16.2. The minimum Gasteiger partial charge on any atom is -0.338 e. The van der Waals surface area contributed by atoms with Crippen molar-refractivity contribution in [2.24, 2.45) is 0 Å². The molecule has 5 nitrogen and oxygen atoms in total. The molecule has 0 radical (unpaired) electrons. The van der Waals surface area contributed by atoms with Crippen LogP contribution in [0.4, 0.5) is 0 Å². The predicted molar refractivity (Wildman–Crippen MR) is 96.0 cm³/mol. The normalized spacial score (nSPS) is 24.1. The van der Waals surface area contributed by atoms with Crippen molar-refractivity contribution in [3.8, 4) is 6.07 Å². The zero-order valence-electron chi connectivity index (χ0n) is 14.7. The lowest BCUT2D eigenvalue weighted by molar-refractivity contribution is -0.130. The molecular formula is C20H24N4O. The number of likely N-dealkylation sites (tertiary alicyclic amines) is 2. The Labute approximate surface area is 148 Å². The molecule has 0 unspecified atom stereocenters. The van der Waals surface area contributed by atoms with Crippen LogP contribution in [0.15, 0.2) is 30.6 Å². The lowest BCUT2D eigenvalue weighted by Gasteiger charge is -2.34. The van der Waals surface area contributed by atoms with Gasteiger partial charge in [0, 0.05) is 50.1 Å². The number of hydrogen-bond acceptors (Lipinski definition) is 3. The quantitative estimate of drug-likeness (QED) is 0.866. The van der Waals surface area contributed by atoms with E-state index in [1.165, 1.54) is 6.42 Å². The van der Waals surface area contributed by atoms with Gasteiger partial charge in [-0.05, 0) is 44.4 Å². The number of rotatable bonds is 3. The van der Waals surface area contributed by atoms with Crippen LogP contribution in [0.25, 0.3) is 5.52 Å². The molecule has 4 heterocycles. The Kier molecular flexibility index (Phi) is 4.22. The third kappa shape index (κ3) is 2.81. The second-order valence-electron chi connectivity index (χ2n) is 7.24. The molecule has 2 aliphatic heterocycles. The van der Waals surface area contributed by atoms with Crippen LogP contribution in [0.1, 0.15) is 43.7 Å². The Morgan fingerprint density at radius 3 is 2.84 bits per heavy atom. The van der Waals surface area contributed by atoms with Crippen LogP contribution in [-0.4, -0.2) is 45.3 Å².